The molecule has 52 valence electrons. The number of halogens is 2. The monoisotopic (exact) mass is 164 g/mol. The molecule has 9 heavy (non-hydrogen) atoms. The van der Waals surface area contributed by atoms with Crippen LogP contribution in [-0.2, 0) is 0 Å². The first-order valence-corrected chi connectivity index (χ1v) is 3.24. The van der Waals surface area contributed by atoms with E-state index < -0.39 is 0 Å². The maximum absolute atomic E-state index is 5.15. The fourth-order valence-corrected chi connectivity index (χ4v) is 0. The Balaban J connectivity index is 0. The molecule has 0 atom stereocenters. The minimum Gasteiger partial charge on any atom is -0.122 e. The van der Waals surface area contributed by atoms with E-state index in [0.717, 1.165) is 0 Å². The van der Waals surface area contributed by atoms with Gasteiger partial charge in [0.05, 0.1) is 0 Å². The maximum atomic E-state index is 5.15. The van der Waals surface area contributed by atoms with Crippen LogP contribution < -0.4 is 0 Å². The molecule has 0 heterocycles. The molecule has 0 aliphatic rings. The van der Waals surface area contributed by atoms with E-state index in [4.69, 9.17) is 23.2 Å². The molecule has 0 saturated heterocycles. The molecule has 0 amide bonds. The summed E-state index contributed by atoms with van der Waals surface area (Å²) < 4.78 is 0. The summed E-state index contributed by atoms with van der Waals surface area (Å²) in [5.74, 6) is 0.556. The number of hydrogen-bond donors (Lipinski definition) is 0. The molecule has 0 rings (SSSR count). The van der Waals surface area contributed by atoms with Gasteiger partial charge in [-0.2, -0.15) is 0 Å². The summed E-state index contributed by atoms with van der Waals surface area (Å²) >= 11 is 10.2. The molecule has 0 aromatic rings. The molecule has 0 N–H and O–H groups in total. The highest BCUT2D eigenvalue weighted by Gasteiger charge is 1.63. The molecule has 0 fully saturated rings. The average Bonchev–Trinajstić information content (AvgIpc) is 1.89. The Morgan fingerprint density at radius 3 is 1.67 bits per heavy atom. The number of rotatable bonds is 2. The van der Waals surface area contributed by atoms with Crippen molar-refractivity contribution < 1.29 is 0 Å². The molecular weight excluding hydrogens is 155 g/mol. The van der Waals surface area contributed by atoms with Crippen LogP contribution >= 0.6 is 23.2 Å². The van der Waals surface area contributed by atoms with Gasteiger partial charge in [0.15, 0.2) is 0 Å². The first kappa shape index (κ1) is 11.6. The van der Waals surface area contributed by atoms with Crippen LogP contribution in [0.1, 0.15) is 0 Å². The van der Waals surface area contributed by atoms with Crippen molar-refractivity contribution >= 4 is 23.2 Å². The van der Waals surface area contributed by atoms with E-state index in [9.17, 15) is 0 Å². The second-order valence-electron chi connectivity index (χ2n) is 1.09. The molecule has 2 heteroatoms. The van der Waals surface area contributed by atoms with Gasteiger partial charge in [-0.05, 0) is 0 Å². The first-order chi connectivity index (χ1) is 4.18. The zero-order valence-corrected chi connectivity index (χ0v) is 6.75. The van der Waals surface area contributed by atoms with Crippen molar-refractivity contribution in [2.75, 3.05) is 5.88 Å². The highest BCUT2D eigenvalue weighted by Crippen LogP contribution is 1.92. The van der Waals surface area contributed by atoms with Crippen LogP contribution in [0.4, 0.5) is 0 Å². The lowest BCUT2D eigenvalue weighted by Crippen LogP contribution is -1.45. The molecule has 0 nitrogen and oxygen atoms in total. The third-order valence-electron chi connectivity index (χ3n) is 0.331. The minimum absolute atomic E-state index is 0.491. The molecule has 0 unspecified atom stereocenters. The summed E-state index contributed by atoms with van der Waals surface area (Å²) in [4.78, 5) is 0. The van der Waals surface area contributed by atoms with Gasteiger partial charge in [-0.3, -0.25) is 0 Å². The van der Waals surface area contributed by atoms with Crippen LogP contribution in [0, 0.1) is 0 Å². The van der Waals surface area contributed by atoms with Crippen molar-refractivity contribution in [1.29, 1.82) is 0 Å². The van der Waals surface area contributed by atoms with E-state index in [2.05, 4.69) is 19.7 Å². The molecule has 0 spiro atoms. The van der Waals surface area contributed by atoms with Crippen LogP contribution in [0.15, 0.2) is 36.9 Å². The molecule has 0 aromatic heterocycles. The number of alkyl halides is 1. The van der Waals surface area contributed by atoms with Crippen LogP contribution in [0.2, 0.25) is 0 Å². The molecule has 0 aliphatic heterocycles. The molecular formula is C7H10Cl2. The smallest absolute Gasteiger partial charge is 0.0401 e. The summed E-state index contributed by atoms with van der Waals surface area (Å²) in [6.45, 7) is 10.00. The van der Waals surface area contributed by atoms with Gasteiger partial charge in [-0.25, -0.2) is 0 Å². The highest BCUT2D eigenvalue weighted by molar-refractivity contribution is 6.30. The van der Waals surface area contributed by atoms with E-state index >= 15 is 0 Å². The van der Waals surface area contributed by atoms with Crippen LogP contribution in [0.5, 0.6) is 0 Å². The lowest BCUT2D eigenvalue weighted by atomic mass is 10.6. The number of hydrogen-bond acceptors (Lipinski definition) is 0. The Hall–Kier alpha value is -0.200. The Bertz CT molecular complexity index is 95.1. The summed E-state index contributed by atoms with van der Waals surface area (Å²) in [5.41, 5.74) is 0. The quantitative estimate of drug-likeness (QED) is 0.334. The first-order valence-electron chi connectivity index (χ1n) is 2.32. The molecule has 0 bridgehead atoms. The lowest BCUT2D eigenvalue weighted by molar-refractivity contribution is 1.80. The fraction of sp³-hybridized carbons (Fsp3) is 0.143. The van der Waals surface area contributed by atoms with E-state index in [1.165, 1.54) is 6.08 Å². The van der Waals surface area contributed by atoms with E-state index in [0.29, 0.717) is 10.9 Å². The second-order valence-corrected chi connectivity index (χ2v) is 1.89. The van der Waals surface area contributed by atoms with Gasteiger partial charge in [0.2, 0.25) is 0 Å². The van der Waals surface area contributed by atoms with Crippen LogP contribution in [0.3, 0.4) is 0 Å². The lowest BCUT2D eigenvalue weighted by Gasteiger charge is -1.67. The van der Waals surface area contributed by atoms with Crippen molar-refractivity contribution in [3.63, 3.8) is 0 Å². The normalized spacial score (nSPS) is 6.44. The topological polar surface area (TPSA) is 0 Å². The highest BCUT2D eigenvalue weighted by atomic mass is 35.5. The van der Waals surface area contributed by atoms with Gasteiger partial charge in [-0.15, -0.1) is 18.2 Å². The molecule has 0 aliphatic carbocycles. The predicted molar refractivity (Wildman–Crippen MR) is 46.1 cm³/mol. The summed E-state index contributed by atoms with van der Waals surface area (Å²) in [5, 5.41) is 0.491. The van der Waals surface area contributed by atoms with Gasteiger partial charge in [0, 0.05) is 10.9 Å². The van der Waals surface area contributed by atoms with Crippen molar-refractivity contribution in [1.82, 2.24) is 0 Å². The maximum Gasteiger partial charge on any atom is 0.0401 e. The van der Waals surface area contributed by atoms with E-state index in [-0.39, 0.29) is 0 Å². The Labute approximate surface area is 66.5 Å². The third-order valence-corrected chi connectivity index (χ3v) is 0.703. The zero-order chi connectivity index (χ0) is 7.70. The van der Waals surface area contributed by atoms with Gasteiger partial charge in [-0.1, -0.05) is 36.9 Å². The largest absolute Gasteiger partial charge is 0.122 e. The third kappa shape index (κ3) is 33.5. The van der Waals surface area contributed by atoms with Crippen molar-refractivity contribution in [2.24, 2.45) is 0 Å². The van der Waals surface area contributed by atoms with Gasteiger partial charge in [0.25, 0.3) is 0 Å². The van der Waals surface area contributed by atoms with Crippen LogP contribution in [-0.4, -0.2) is 5.88 Å². The Morgan fingerprint density at radius 2 is 1.67 bits per heavy atom. The molecule has 0 radical (unpaired) electrons. The van der Waals surface area contributed by atoms with Crippen molar-refractivity contribution in [2.45, 2.75) is 0 Å². The number of allylic oxidation sites excluding steroid dienone is 3. The molecule has 0 aromatic carbocycles. The molecule has 0 saturated carbocycles. The zero-order valence-electron chi connectivity index (χ0n) is 5.24. The summed E-state index contributed by atoms with van der Waals surface area (Å²) in [6.07, 6.45) is 3.13. The summed E-state index contributed by atoms with van der Waals surface area (Å²) in [6, 6.07) is 0. The Kier molecular flexibility index (Phi) is 13.8. The average molecular weight is 165 g/mol. The van der Waals surface area contributed by atoms with Crippen molar-refractivity contribution in [3.8, 4) is 0 Å². The SMILES string of the molecule is C=CC(=C)Cl.C=CCCl. The second kappa shape index (κ2) is 10.7. The minimum atomic E-state index is 0.491. The van der Waals surface area contributed by atoms with Gasteiger partial charge in [0.1, 0.15) is 0 Å². The van der Waals surface area contributed by atoms with Gasteiger partial charge >= 0.3 is 0 Å². The van der Waals surface area contributed by atoms with Crippen molar-refractivity contribution in [3.05, 3.63) is 36.9 Å². The standard InChI is InChI=1S/C4H5Cl.C3H5Cl/c1-3-4(2)5;1-2-3-4/h3H,1-2H2;2H,1,3H2. The summed E-state index contributed by atoms with van der Waals surface area (Å²) in [7, 11) is 0. The van der Waals surface area contributed by atoms with E-state index in [1.807, 2.05) is 0 Å². The Morgan fingerprint density at radius 1 is 1.44 bits per heavy atom. The predicted octanol–water partition coefficient (Wildman–Crippen LogP) is 3.34. The fourth-order valence-electron chi connectivity index (χ4n) is 0. The van der Waals surface area contributed by atoms with Gasteiger partial charge < -0.3 is 0 Å². The van der Waals surface area contributed by atoms with Crippen LogP contribution in [0.25, 0.3) is 0 Å². The van der Waals surface area contributed by atoms with E-state index in [1.54, 1.807) is 6.08 Å².